The summed E-state index contributed by atoms with van der Waals surface area (Å²) in [5, 5.41) is 15.1. The maximum absolute atomic E-state index is 11.6. The molecule has 2 aromatic rings. The van der Waals surface area contributed by atoms with Crippen LogP contribution in [0.5, 0.6) is 0 Å². The number of benzene rings is 2. The minimum atomic E-state index is -1.02. The van der Waals surface area contributed by atoms with Crippen LogP contribution in [-0.2, 0) is 5.60 Å². The minimum absolute atomic E-state index is 0.0177. The lowest BCUT2D eigenvalue weighted by Gasteiger charge is -2.36. The van der Waals surface area contributed by atoms with E-state index in [1.807, 2.05) is 60.7 Å². The lowest BCUT2D eigenvalue weighted by atomic mass is 9.79. The highest BCUT2D eigenvalue weighted by atomic mass is 16.3. The summed E-state index contributed by atoms with van der Waals surface area (Å²) in [6, 6.07) is 20.1. The van der Waals surface area contributed by atoms with Crippen molar-refractivity contribution >= 4 is 0 Å². The van der Waals surface area contributed by atoms with Crippen LogP contribution in [0.4, 0.5) is 0 Å². The number of hydrogen-bond donors (Lipinski definition) is 3. The highest BCUT2D eigenvalue weighted by Crippen LogP contribution is 2.37. The maximum atomic E-state index is 11.6. The molecule has 1 heterocycles. The second-order valence-corrected chi connectivity index (χ2v) is 5.73. The van der Waals surface area contributed by atoms with E-state index in [0.717, 1.165) is 24.0 Å². The molecule has 0 aromatic heterocycles. The summed E-state index contributed by atoms with van der Waals surface area (Å²) in [5.41, 5.74) is 6.60. The van der Waals surface area contributed by atoms with Crippen molar-refractivity contribution in [1.82, 2.24) is 5.32 Å². The van der Waals surface area contributed by atoms with Gasteiger partial charge in [0.2, 0.25) is 0 Å². The quantitative estimate of drug-likeness (QED) is 0.804. The predicted molar refractivity (Wildman–Crippen MR) is 84.9 cm³/mol. The molecule has 2 aromatic carbocycles. The third-order valence-electron chi connectivity index (χ3n) is 4.46. The summed E-state index contributed by atoms with van der Waals surface area (Å²) in [6.07, 6.45) is 1.92. The predicted octanol–water partition coefficient (Wildman–Crippen LogP) is 2.00. The van der Waals surface area contributed by atoms with Crippen LogP contribution in [0.3, 0.4) is 0 Å². The highest BCUT2D eigenvalue weighted by molar-refractivity contribution is 5.38. The average molecular weight is 282 g/mol. The molecule has 0 saturated carbocycles. The fourth-order valence-electron chi connectivity index (χ4n) is 3.29. The molecular formula is C18H22N2O. The zero-order valence-electron chi connectivity index (χ0n) is 12.1. The molecule has 2 atom stereocenters. The summed E-state index contributed by atoms with van der Waals surface area (Å²) in [7, 11) is 0. The Bertz CT molecular complexity index is 531. The number of nitrogens with two attached hydrogens (primary N) is 1. The maximum Gasteiger partial charge on any atom is 0.130 e. The van der Waals surface area contributed by atoms with Gasteiger partial charge in [0, 0.05) is 18.6 Å². The van der Waals surface area contributed by atoms with Crippen molar-refractivity contribution in [2.75, 3.05) is 6.54 Å². The van der Waals surface area contributed by atoms with Gasteiger partial charge in [-0.2, -0.15) is 0 Å². The first-order valence-corrected chi connectivity index (χ1v) is 7.54. The van der Waals surface area contributed by atoms with Crippen molar-refractivity contribution < 1.29 is 5.11 Å². The normalized spacial score (nSPS) is 22.4. The Kier molecular flexibility index (Phi) is 4.06. The van der Waals surface area contributed by atoms with Crippen LogP contribution < -0.4 is 11.1 Å². The van der Waals surface area contributed by atoms with E-state index in [1.165, 1.54) is 0 Å². The van der Waals surface area contributed by atoms with Crippen molar-refractivity contribution in [3.05, 3.63) is 71.8 Å². The summed E-state index contributed by atoms with van der Waals surface area (Å²) >= 11 is 0. The number of aliphatic hydroxyl groups is 1. The second kappa shape index (κ2) is 5.98. The van der Waals surface area contributed by atoms with E-state index >= 15 is 0 Å². The monoisotopic (exact) mass is 282 g/mol. The Morgan fingerprint density at radius 1 is 0.952 bits per heavy atom. The van der Waals surface area contributed by atoms with Crippen molar-refractivity contribution in [2.45, 2.75) is 30.5 Å². The van der Waals surface area contributed by atoms with Crippen LogP contribution in [0.2, 0.25) is 0 Å². The van der Waals surface area contributed by atoms with Gasteiger partial charge in [-0.1, -0.05) is 60.7 Å². The fourth-order valence-corrected chi connectivity index (χ4v) is 3.29. The summed E-state index contributed by atoms with van der Waals surface area (Å²) in [4.78, 5) is 0. The van der Waals surface area contributed by atoms with Gasteiger partial charge in [-0.15, -0.1) is 0 Å². The molecule has 0 radical (unpaired) electrons. The first-order chi connectivity index (χ1) is 10.2. The van der Waals surface area contributed by atoms with E-state index in [0.29, 0.717) is 6.54 Å². The van der Waals surface area contributed by atoms with E-state index in [1.54, 1.807) is 0 Å². The van der Waals surface area contributed by atoms with Crippen LogP contribution in [0, 0.1) is 0 Å². The van der Waals surface area contributed by atoms with Crippen LogP contribution >= 0.6 is 0 Å². The molecule has 110 valence electrons. The lowest BCUT2D eigenvalue weighted by Crippen LogP contribution is -2.49. The van der Waals surface area contributed by atoms with Gasteiger partial charge in [-0.25, -0.2) is 0 Å². The first kappa shape index (κ1) is 14.3. The minimum Gasteiger partial charge on any atom is -0.379 e. The van der Waals surface area contributed by atoms with Crippen molar-refractivity contribution in [3.8, 4) is 0 Å². The Morgan fingerprint density at radius 3 is 1.90 bits per heavy atom. The van der Waals surface area contributed by atoms with Crippen LogP contribution in [0.15, 0.2) is 60.7 Å². The lowest BCUT2D eigenvalue weighted by molar-refractivity contribution is 0.0427. The molecule has 1 aliphatic rings. The van der Waals surface area contributed by atoms with Gasteiger partial charge < -0.3 is 16.2 Å². The van der Waals surface area contributed by atoms with Crippen molar-refractivity contribution in [1.29, 1.82) is 0 Å². The average Bonchev–Trinajstić information content (AvgIpc) is 3.05. The van der Waals surface area contributed by atoms with Crippen molar-refractivity contribution in [3.63, 3.8) is 0 Å². The molecule has 0 spiro atoms. The third-order valence-corrected chi connectivity index (χ3v) is 4.46. The molecule has 1 aliphatic heterocycles. The Hall–Kier alpha value is -1.68. The standard InChI is InChI=1S/C18H22N2O/c19-13-16-11-12-17(20-16)18(21,14-7-3-1-4-8-14)15-9-5-2-6-10-15/h1-10,16-17,20-21H,11-13,19H2/t16-,17+/m0/s1. The fraction of sp³-hybridized carbons (Fsp3) is 0.333. The SMILES string of the molecule is NC[C@@H]1CC[C@H](C(O)(c2ccccc2)c2ccccc2)N1. The smallest absolute Gasteiger partial charge is 0.130 e. The van der Waals surface area contributed by atoms with Crippen LogP contribution in [-0.4, -0.2) is 23.7 Å². The molecule has 0 amide bonds. The van der Waals surface area contributed by atoms with Gasteiger partial charge >= 0.3 is 0 Å². The highest BCUT2D eigenvalue weighted by Gasteiger charge is 2.43. The van der Waals surface area contributed by atoms with E-state index in [9.17, 15) is 5.11 Å². The molecule has 0 bridgehead atoms. The van der Waals surface area contributed by atoms with E-state index in [4.69, 9.17) is 5.73 Å². The van der Waals surface area contributed by atoms with E-state index < -0.39 is 5.60 Å². The van der Waals surface area contributed by atoms with E-state index in [2.05, 4.69) is 5.32 Å². The van der Waals surface area contributed by atoms with Gasteiger partial charge in [0.15, 0.2) is 0 Å². The molecule has 1 fully saturated rings. The van der Waals surface area contributed by atoms with Gasteiger partial charge in [0.05, 0.1) is 0 Å². The molecule has 3 nitrogen and oxygen atoms in total. The van der Waals surface area contributed by atoms with Gasteiger partial charge in [0.1, 0.15) is 5.60 Å². The number of rotatable bonds is 4. The Morgan fingerprint density at radius 2 is 1.48 bits per heavy atom. The van der Waals surface area contributed by atoms with Crippen LogP contribution in [0.1, 0.15) is 24.0 Å². The molecular weight excluding hydrogens is 260 g/mol. The van der Waals surface area contributed by atoms with Gasteiger partial charge in [0.25, 0.3) is 0 Å². The molecule has 4 N–H and O–H groups in total. The molecule has 1 saturated heterocycles. The summed E-state index contributed by atoms with van der Waals surface area (Å²) < 4.78 is 0. The molecule has 21 heavy (non-hydrogen) atoms. The Balaban J connectivity index is 2.04. The zero-order valence-corrected chi connectivity index (χ0v) is 12.1. The van der Waals surface area contributed by atoms with Crippen LogP contribution in [0.25, 0.3) is 0 Å². The summed E-state index contributed by atoms with van der Waals surface area (Å²) in [6.45, 7) is 0.607. The molecule has 3 heteroatoms. The first-order valence-electron chi connectivity index (χ1n) is 7.54. The molecule has 0 unspecified atom stereocenters. The van der Waals surface area contributed by atoms with E-state index in [-0.39, 0.29) is 12.1 Å². The van der Waals surface area contributed by atoms with Crippen molar-refractivity contribution in [2.24, 2.45) is 5.73 Å². The third kappa shape index (κ3) is 2.60. The number of nitrogens with one attached hydrogen (secondary N) is 1. The topological polar surface area (TPSA) is 58.3 Å². The van der Waals surface area contributed by atoms with Gasteiger partial charge in [-0.05, 0) is 24.0 Å². The largest absolute Gasteiger partial charge is 0.379 e. The second-order valence-electron chi connectivity index (χ2n) is 5.73. The Labute approximate surface area is 125 Å². The number of hydrogen-bond acceptors (Lipinski definition) is 3. The zero-order chi connectivity index (χ0) is 14.7. The molecule has 0 aliphatic carbocycles. The van der Waals surface area contributed by atoms with Gasteiger partial charge in [-0.3, -0.25) is 0 Å². The summed E-state index contributed by atoms with van der Waals surface area (Å²) in [5.74, 6) is 0. The molecule has 3 rings (SSSR count).